The quantitative estimate of drug-likeness (QED) is 0.468. The number of methoxy groups -OCH3 is 1. The lowest BCUT2D eigenvalue weighted by molar-refractivity contribution is 0.397. The van der Waals surface area contributed by atoms with Crippen LogP contribution in [0.25, 0.3) is 23.3 Å². The van der Waals surface area contributed by atoms with E-state index >= 15 is 0 Å². The Kier molecular flexibility index (Phi) is 4.01. The molecule has 3 N–H and O–H groups in total. The van der Waals surface area contributed by atoms with Crippen LogP contribution in [0, 0.1) is 0 Å². The molecule has 2 aromatic carbocycles. The van der Waals surface area contributed by atoms with Crippen LogP contribution in [0.4, 0.5) is 5.69 Å². The maximum absolute atomic E-state index is 12.7. The van der Waals surface area contributed by atoms with E-state index in [2.05, 4.69) is 9.71 Å². The predicted octanol–water partition coefficient (Wildman–Crippen LogP) is 3.58. The van der Waals surface area contributed by atoms with Crippen molar-refractivity contribution in [2.24, 2.45) is 0 Å². The maximum atomic E-state index is 12.7. The summed E-state index contributed by atoms with van der Waals surface area (Å²) in [6, 6.07) is 8.34. The fourth-order valence-electron chi connectivity index (χ4n) is 3.12. The molecule has 0 fully saturated rings. The number of hydrogen-bond acceptors (Lipinski definition) is 5. The van der Waals surface area contributed by atoms with Gasteiger partial charge in [-0.25, -0.2) is 13.2 Å². The highest BCUT2D eigenvalue weighted by atomic mass is 32.2. The van der Waals surface area contributed by atoms with Crippen molar-refractivity contribution in [1.82, 2.24) is 9.97 Å². The van der Waals surface area contributed by atoms with E-state index in [1.54, 1.807) is 12.1 Å². The molecule has 8 nitrogen and oxygen atoms in total. The highest BCUT2D eigenvalue weighted by molar-refractivity contribution is 7.92. The zero-order chi connectivity index (χ0) is 31.9. The SMILES string of the molecule is [2H]C([2H])([2H])C(c1cc(-c2c[nH]c(=O)[nH]c2=O)cc(/C=C/c2ccc(NS(C)(=O)=O)cc2)c1OC)(C([2H])([2H])[2H])C([2H])([2H])[2H]. The number of aromatic amines is 2. The first-order valence-corrected chi connectivity index (χ1v) is 11.3. The van der Waals surface area contributed by atoms with Gasteiger partial charge in [-0.15, -0.1) is 0 Å². The van der Waals surface area contributed by atoms with Crippen LogP contribution in [0.15, 0.2) is 52.2 Å². The summed E-state index contributed by atoms with van der Waals surface area (Å²) in [7, 11) is -2.41. The summed E-state index contributed by atoms with van der Waals surface area (Å²) in [5.41, 5.74) is -5.43. The Labute approximate surface area is 205 Å². The lowest BCUT2D eigenvalue weighted by Gasteiger charge is -2.24. The number of aromatic nitrogens is 2. The third kappa shape index (κ3) is 6.01. The van der Waals surface area contributed by atoms with Gasteiger partial charge in [0.2, 0.25) is 10.0 Å². The van der Waals surface area contributed by atoms with E-state index in [0.717, 1.165) is 25.6 Å². The summed E-state index contributed by atoms with van der Waals surface area (Å²) < 4.78 is 104. The Morgan fingerprint density at radius 2 is 1.79 bits per heavy atom. The summed E-state index contributed by atoms with van der Waals surface area (Å²) in [4.78, 5) is 28.6. The zero-order valence-electron chi connectivity index (χ0n) is 26.6. The number of nitrogens with one attached hydrogen (secondary N) is 3. The molecule has 0 unspecified atom stereocenters. The molecule has 0 saturated heterocycles. The van der Waals surface area contributed by atoms with Gasteiger partial charge < -0.3 is 9.72 Å². The highest BCUT2D eigenvalue weighted by Gasteiger charge is 2.23. The van der Waals surface area contributed by atoms with Crippen LogP contribution in [0.2, 0.25) is 0 Å². The molecule has 174 valence electrons. The molecular weight excluding hydrogens is 442 g/mol. The topological polar surface area (TPSA) is 121 Å². The fourth-order valence-corrected chi connectivity index (χ4v) is 3.69. The van der Waals surface area contributed by atoms with E-state index in [-0.39, 0.29) is 28.1 Å². The Morgan fingerprint density at radius 1 is 1.09 bits per heavy atom. The monoisotopic (exact) mass is 478 g/mol. The molecular formula is C24H27N3O5S. The number of rotatable bonds is 6. The van der Waals surface area contributed by atoms with Gasteiger partial charge in [-0.3, -0.25) is 14.5 Å². The van der Waals surface area contributed by atoms with E-state index < -0.39 is 52.8 Å². The summed E-state index contributed by atoms with van der Waals surface area (Å²) >= 11 is 0. The van der Waals surface area contributed by atoms with Crippen molar-refractivity contribution in [1.29, 1.82) is 0 Å². The first kappa shape index (κ1) is 14.5. The third-order valence-corrected chi connectivity index (χ3v) is 5.13. The average Bonchev–Trinajstić information content (AvgIpc) is 2.80. The van der Waals surface area contributed by atoms with Crippen molar-refractivity contribution in [3.8, 4) is 16.9 Å². The molecule has 9 heteroatoms. The zero-order valence-corrected chi connectivity index (χ0v) is 18.5. The molecule has 0 amide bonds. The summed E-state index contributed by atoms with van der Waals surface area (Å²) in [6.07, 6.45) is 4.89. The molecule has 33 heavy (non-hydrogen) atoms. The normalized spacial score (nSPS) is 17.3. The summed E-state index contributed by atoms with van der Waals surface area (Å²) in [5, 5.41) is 0. The number of hydrogen-bond donors (Lipinski definition) is 3. The van der Waals surface area contributed by atoms with Crippen LogP contribution in [0.1, 0.15) is 49.6 Å². The van der Waals surface area contributed by atoms with E-state index in [1.165, 1.54) is 30.4 Å². The third-order valence-electron chi connectivity index (χ3n) is 4.53. The van der Waals surface area contributed by atoms with Crippen molar-refractivity contribution in [3.05, 3.63) is 80.1 Å². The van der Waals surface area contributed by atoms with Gasteiger partial charge in [-0.2, -0.15) is 0 Å². The van der Waals surface area contributed by atoms with E-state index in [4.69, 9.17) is 17.1 Å². The first-order valence-electron chi connectivity index (χ1n) is 13.9. The van der Waals surface area contributed by atoms with E-state index in [9.17, 15) is 18.0 Å². The Balaban J connectivity index is 2.41. The molecule has 1 aromatic heterocycles. The molecule has 0 aliphatic rings. The van der Waals surface area contributed by atoms with Gasteiger partial charge in [-0.05, 0) is 40.8 Å². The van der Waals surface area contributed by atoms with Gasteiger partial charge >= 0.3 is 5.69 Å². The predicted molar refractivity (Wildman–Crippen MR) is 132 cm³/mol. The summed E-state index contributed by atoms with van der Waals surface area (Å²) in [6.45, 7) is -10.9. The Bertz CT molecular complexity index is 1680. The van der Waals surface area contributed by atoms with Crippen molar-refractivity contribution >= 4 is 27.9 Å². The minimum atomic E-state index is -3.63. The van der Waals surface area contributed by atoms with Crippen LogP contribution < -0.4 is 20.7 Å². The number of anilines is 1. The van der Waals surface area contributed by atoms with Gasteiger partial charge in [0.25, 0.3) is 5.56 Å². The second kappa shape index (κ2) is 9.11. The lowest BCUT2D eigenvalue weighted by Crippen LogP contribution is -2.23. The number of sulfonamides is 1. The maximum Gasteiger partial charge on any atom is 0.325 e. The van der Waals surface area contributed by atoms with Crippen LogP contribution >= 0.6 is 0 Å². The van der Waals surface area contributed by atoms with Crippen molar-refractivity contribution in [2.45, 2.75) is 26.0 Å². The molecule has 0 saturated carbocycles. The molecule has 1 heterocycles. The van der Waals surface area contributed by atoms with Crippen LogP contribution in [0.3, 0.4) is 0 Å². The average molecular weight is 479 g/mol. The number of H-pyrrole nitrogens is 2. The van der Waals surface area contributed by atoms with Crippen molar-refractivity contribution in [2.75, 3.05) is 18.1 Å². The minimum Gasteiger partial charge on any atom is -0.496 e. The number of benzene rings is 2. The highest BCUT2D eigenvalue weighted by Crippen LogP contribution is 2.38. The number of ether oxygens (including phenoxy) is 1. The molecule has 0 radical (unpaired) electrons. The van der Waals surface area contributed by atoms with Gasteiger partial charge in [0.15, 0.2) is 0 Å². The Hall–Kier alpha value is -3.59. The van der Waals surface area contributed by atoms with Crippen LogP contribution in [-0.2, 0) is 15.4 Å². The molecule has 0 atom stereocenters. The Morgan fingerprint density at radius 3 is 2.36 bits per heavy atom. The van der Waals surface area contributed by atoms with E-state index in [0.29, 0.717) is 5.56 Å². The van der Waals surface area contributed by atoms with E-state index in [1.807, 2.05) is 4.98 Å². The molecule has 0 aliphatic carbocycles. The lowest BCUT2D eigenvalue weighted by atomic mass is 9.83. The smallest absolute Gasteiger partial charge is 0.325 e. The van der Waals surface area contributed by atoms with Crippen LogP contribution in [-0.4, -0.2) is 31.8 Å². The van der Waals surface area contributed by atoms with Gasteiger partial charge in [0, 0.05) is 35.3 Å². The largest absolute Gasteiger partial charge is 0.496 e. The van der Waals surface area contributed by atoms with Crippen molar-refractivity contribution < 1.29 is 25.5 Å². The summed E-state index contributed by atoms with van der Waals surface area (Å²) in [5.74, 6) is -0.380. The molecule has 0 bridgehead atoms. The van der Waals surface area contributed by atoms with Gasteiger partial charge in [0.05, 0.1) is 18.9 Å². The first-order chi connectivity index (χ1) is 19.1. The standard InChI is InChI=1S/C24H27N3O5S/c1-24(2,3)20-13-17(19-14-25-23(29)26-22(19)28)12-16(21(20)32-4)9-6-15-7-10-18(11-8-15)27-33(5,30)31/h6-14,27H,1-5H3,(H2,25,26,28,29)/b9-6+/i1D3,2D3,3D3. The second-order valence-electron chi connectivity index (χ2n) is 7.21. The molecule has 0 aliphatic heterocycles. The van der Waals surface area contributed by atoms with Crippen molar-refractivity contribution in [3.63, 3.8) is 0 Å². The molecule has 3 aromatic rings. The second-order valence-corrected chi connectivity index (χ2v) is 8.96. The fraction of sp³-hybridized carbons (Fsp3) is 0.250. The molecule has 3 rings (SSSR count). The van der Waals surface area contributed by atoms with Gasteiger partial charge in [-0.1, -0.05) is 44.8 Å². The van der Waals surface area contributed by atoms with Gasteiger partial charge in [0.1, 0.15) is 5.75 Å². The van der Waals surface area contributed by atoms with Crippen LogP contribution in [0.5, 0.6) is 5.75 Å². The minimum absolute atomic E-state index is 0.0102. The molecule has 0 spiro atoms.